The number of carbonyl (C=O) groups is 2. The lowest BCUT2D eigenvalue weighted by Crippen LogP contribution is -2.61. The highest BCUT2D eigenvalue weighted by atomic mass is 32.2. The fourth-order valence-electron chi connectivity index (χ4n) is 1.70. The van der Waals surface area contributed by atoms with Gasteiger partial charge in [0.15, 0.2) is 0 Å². The molecule has 1 unspecified atom stereocenters. The third kappa shape index (κ3) is 6.67. The first-order valence-electron chi connectivity index (χ1n) is 7.91. The highest BCUT2D eigenvalue weighted by Gasteiger charge is 2.81. The minimum atomic E-state index is -7.26. The van der Waals surface area contributed by atoms with E-state index >= 15 is 0 Å². The molecule has 0 aliphatic rings. The van der Waals surface area contributed by atoms with Gasteiger partial charge in [0.2, 0.25) is 0 Å². The number of halogens is 11. The number of hydrogen-bond donors (Lipinski definition) is 1. The van der Waals surface area contributed by atoms with E-state index in [1.165, 1.54) is 0 Å². The van der Waals surface area contributed by atoms with Gasteiger partial charge in [-0.15, -0.1) is 0 Å². The van der Waals surface area contributed by atoms with Crippen molar-refractivity contribution in [2.75, 3.05) is 6.61 Å². The quantitative estimate of drug-likeness (QED) is 0.186. The average molecular weight is 534 g/mol. The lowest BCUT2D eigenvalue weighted by molar-refractivity contribution is -0.397. The summed E-state index contributed by atoms with van der Waals surface area (Å²) >= 11 is 0. The highest BCUT2D eigenvalue weighted by Crippen LogP contribution is 2.54. The highest BCUT2D eigenvalue weighted by molar-refractivity contribution is 7.87. The maximum atomic E-state index is 13.6. The van der Waals surface area contributed by atoms with Crippen LogP contribution in [0.1, 0.15) is 19.8 Å². The fraction of sp³-hybridized carbons (Fsp3) is 0.714. The molecule has 0 aromatic carbocycles. The molecule has 0 rings (SSSR count). The normalized spacial score (nSPS) is 15.1. The van der Waals surface area contributed by atoms with E-state index in [9.17, 15) is 66.3 Å². The summed E-state index contributed by atoms with van der Waals surface area (Å²) in [4.78, 5) is 22.5. The second kappa shape index (κ2) is 9.59. The number of esters is 2. The van der Waals surface area contributed by atoms with Crippen LogP contribution >= 0.6 is 0 Å². The molecule has 1 N–H and O–H groups in total. The van der Waals surface area contributed by atoms with Crippen LogP contribution in [0.15, 0.2) is 12.2 Å². The molecule has 194 valence electrons. The number of ether oxygens (including phenoxy) is 2. The molecule has 0 saturated heterocycles. The second-order valence-electron chi connectivity index (χ2n) is 6.29. The first kappa shape index (κ1) is 30.8. The van der Waals surface area contributed by atoms with Crippen molar-refractivity contribution in [3.8, 4) is 0 Å². The molecule has 1 atom stereocenters. The predicted molar refractivity (Wildman–Crippen MR) is 82.3 cm³/mol. The molecule has 0 fully saturated rings. The number of alkyl halides is 11. The molecule has 0 aliphatic carbocycles. The van der Waals surface area contributed by atoms with Gasteiger partial charge in [-0.2, -0.15) is 56.7 Å². The first-order valence-corrected chi connectivity index (χ1v) is 9.35. The van der Waals surface area contributed by atoms with Crippen LogP contribution in [0.2, 0.25) is 0 Å². The van der Waals surface area contributed by atoms with Gasteiger partial charge in [0, 0.05) is 12.0 Å². The summed E-state index contributed by atoms with van der Waals surface area (Å²) in [5.74, 6) is -25.2. The van der Waals surface area contributed by atoms with Crippen LogP contribution in [0, 0.1) is 0 Å². The summed E-state index contributed by atoms with van der Waals surface area (Å²) < 4.78 is 179. The lowest BCUT2D eigenvalue weighted by atomic mass is 9.98. The minimum absolute atomic E-state index is 0.440. The molecule has 19 heteroatoms. The average Bonchev–Trinajstić information content (AvgIpc) is 2.60. The summed E-state index contributed by atoms with van der Waals surface area (Å²) in [7, 11) is -6.52. The van der Waals surface area contributed by atoms with E-state index < -0.39 is 82.4 Å². The van der Waals surface area contributed by atoms with Crippen LogP contribution in [0.25, 0.3) is 0 Å². The maximum Gasteiger partial charge on any atom is 0.465 e. The van der Waals surface area contributed by atoms with Crippen molar-refractivity contribution in [3.63, 3.8) is 0 Å². The molecule has 0 heterocycles. The van der Waals surface area contributed by atoms with Gasteiger partial charge >= 0.3 is 51.3 Å². The van der Waals surface area contributed by atoms with E-state index in [-0.39, 0.29) is 0 Å². The molecule has 0 aromatic heterocycles. The van der Waals surface area contributed by atoms with Crippen molar-refractivity contribution in [1.82, 2.24) is 0 Å². The van der Waals surface area contributed by atoms with Crippen molar-refractivity contribution < 1.29 is 80.3 Å². The van der Waals surface area contributed by atoms with Crippen molar-refractivity contribution in [2.24, 2.45) is 0 Å². The zero-order valence-corrected chi connectivity index (χ0v) is 16.7. The first-order chi connectivity index (χ1) is 14.3. The monoisotopic (exact) mass is 534 g/mol. The summed E-state index contributed by atoms with van der Waals surface area (Å²) in [5, 5.41) is -5.75. The number of rotatable bonds is 11. The third-order valence-corrected chi connectivity index (χ3v) is 4.39. The molecule has 7 nitrogen and oxygen atoms in total. The van der Waals surface area contributed by atoms with Gasteiger partial charge in [-0.25, -0.2) is 9.59 Å². The molecule has 0 radical (unpaired) electrons. The Kier molecular flexibility index (Phi) is 8.96. The SMILES string of the molecule is C=C(C)C(=O)OCC(CCC(F)(F)C(F)(F)C(F)(F)C(F)(F)F)OC(=O)C(F)(F)S(=O)(=O)O. The molecule has 0 saturated carbocycles. The molecular weight excluding hydrogens is 521 g/mol. The van der Waals surface area contributed by atoms with Crippen molar-refractivity contribution in [3.05, 3.63) is 12.2 Å². The van der Waals surface area contributed by atoms with E-state index in [1.807, 2.05) is 0 Å². The van der Waals surface area contributed by atoms with Gasteiger partial charge in [-0.05, 0) is 13.3 Å². The third-order valence-electron chi connectivity index (χ3n) is 3.57. The lowest BCUT2D eigenvalue weighted by Gasteiger charge is -2.34. The van der Waals surface area contributed by atoms with E-state index in [2.05, 4.69) is 16.1 Å². The fourth-order valence-corrected chi connectivity index (χ4v) is 1.96. The van der Waals surface area contributed by atoms with Crippen LogP contribution in [0.5, 0.6) is 0 Å². The molecule has 0 aromatic rings. The molecule has 0 amide bonds. The summed E-state index contributed by atoms with van der Waals surface area (Å²) in [6.45, 7) is 2.43. The van der Waals surface area contributed by atoms with Gasteiger partial charge in [0.05, 0.1) is 0 Å². The Bertz CT molecular complexity index is 865. The van der Waals surface area contributed by atoms with Crippen molar-refractivity contribution in [2.45, 2.75) is 55.1 Å². The van der Waals surface area contributed by atoms with E-state index in [0.29, 0.717) is 0 Å². The van der Waals surface area contributed by atoms with Crippen LogP contribution in [0.4, 0.5) is 48.3 Å². The molecular formula is C14H13F11O7S. The number of hydrogen-bond acceptors (Lipinski definition) is 6. The molecule has 33 heavy (non-hydrogen) atoms. The Morgan fingerprint density at radius 2 is 1.39 bits per heavy atom. The summed E-state index contributed by atoms with van der Waals surface area (Å²) in [5.41, 5.74) is -0.440. The molecule has 0 bridgehead atoms. The Balaban J connectivity index is 5.83. The zero-order valence-electron chi connectivity index (χ0n) is 15.9. The standard InChI is InChI=1S/C14H13F11O7S/c1-6(2)8(26)31-5-7(32-9(27)11(17,18)33(28,29)30)3-4-10(15,16)12(19,20)13(21,22)14(23,24)25/h7H,1,3-5H2,2H3,(H,28,29,30). The zero-order chi connectivity index (χ0) is 26.8. The summed E-state index contributed by atoms with van der Waals surface area (Å²) in [6, 6.07) is 0. The van der Waals surface area contributed by atoms with Crippen LogP contribution in [0.3, 0.4) is 0 Å². The van der Waals surface area contributed by atoms with E-state index in [1.54, 1.807) is 0 Å². The molecule has 0 spiro atoms. The van der Waals surface area contributed by atoms with Crippen molar-refractivity contribution in [1.29, 1.82) is 0 Å². The van der Waals surface area contributed by atoms with Crippen LogP contribution in [-0.2, 0) is 29.2 Å². The van der Waals surface area contributed by atoms with E-state index in [0.717, 1.165) is 6.92 Å². The van der Waals surface area contributed by atoms with Gasteiger partial charge in [-0.1, -0.05) is 6.58 Å². The van der Waals surface area contributed by atoms with Gasteiger partial charge in [0.1, 0.15) is 12.7 Å². The van der Waals surface area contributed by atoms with Crippen molar-refractivity contribution >= 4 is 22.1 Å². The Labute approximate surface area is 177 Å². The van der Waals surface area contributed by atoms with Crippen LogP contribution in [-0.4, -0.2) is 66.8 Å². The second-order valence-corrected chi connectivity index (χ2v) is 7.75. The predicted octanol–water partition coefficient (Wildman–Crippen LogP) is 3.75. The maximum absolute atomic E-state index is 13.6. The van der Waals surface area contributed by atoms with E-state index in [4.69, 9.17) is 4.55 Å². The largest absolute Gasteiger partial charge is 0.465 e. The van der Waals surface area contributed by atoms with Gasteiger partial charge in [-0.3, -0.25) is 4.55 Å². The number of carbonyl (C=O) groups excluding carboxylic acids is 2. The minimum Gasteiger partial charge on any atom is -0.458 e. The van der Waals surface area contributed by atoms with Crippen LogP contribution < -0.4 is 0 Å². The van der Waals surface area contributed by atoms with Gasteiger partial charge in [0.25, 0.3) is 0 Å². The topological polar surface area (TPSA) is 107 Å². The van der Waals surface area contributed by atoms with Gasteiger partial charge < -0.3 is 9.47 Å². The Morgan fingerprint density at radius 3 is 1.76 bits per heavy atom. The molecule has 0 aliphatic heterocycles. The Morgan fingerprint density at radius 1 is 0.939 bits per heavy atom. The smallest absolute Gasteiger partial charge is 0.458 e. The Hall–Kier alpha value is -2.18. The summed E-state index contributed by atoms with van der Waals surface area (Å²) in [6.07, 6.45) is -14.5.